The van der Waals surface area contributed by atoms with E-state index in [9.17, 15) is 28.6 Å². The monoisotopic (exact) mass is 614 g/mol. The molecule has 44 heavy (non-hydrogen) atoms. The molecule has 0 unspecified atom stereocenters. The number of carboxylic acid groups (broad SMARTS) is 1. The summed E-state index contributed by atoms with van der Waals surface area (Å²) in [6.45, 7) is 5.76. The van der Waals surface area contributed by atoms with E-state index in [-0.39, 0.29) is 54.9 Å². The molecule has 0 fully saturated rings. The zero-order valence-electron chi connectivity index (χ0n) is 24.3. The van der Waals surface area contributed by atoms with Gasteiger partial charge in [-0.15, -0.1) is 0 Å². The average Bonchev–Trinajstić information content (AvgIpc) is 3.28. The summed E-state index contributed by atoms with van der Waals surface area (Å²) in [7, 11) is 0. The third-order valence-corrected chi connectivity index (χ3v) is 7.25. The van der Waals surface area contributed by atoms with E-state index in [1.807, 2.05) is 43.5 Å². The van der Waals surface area contributed by atoms with Crippen LogP contribution in [0, 0.1) is 18.6 Å². The summed E-state index contributed by atoms with van der Waals surface area (Å²) in [6.07, 6.45) is -2.46. The number of nitrogens with one attached hydrogen (secondary N) is 1. The van der Waals surface area contributed by atoms with Crippen molar-refractivity contribution in [1.82, 2.24) is 4.57 Å². The van der Waals surface area contributed by atoms with Gasteiger partial charge >= 0.3 is 35.5 Å². The molecule has 2 atom stereocenters. The summed E-state index contributed by atoms with van der Waals surface area (Å²) in [5.74, 6) is -2.44. The number of carboxylic acids is 1. The van der Waals surface area contributed by atoms with Crippen LogP contribution in [0.4, 0.5) is 14.5 Å². The Morgan fingerprint density at radius 3 is 1.95 bits per heavy atom. The van der Waals surface area contributed by atoms with Crippen LogP contribution >= 0.6 is 0 Å². The molecule has 4 rings (SSSR count). The number of aliphatic carboxylic acids is 1. The maximum absolute atomic E-state index is 14.1. The molecule has 7 nitrogen and oxygen atoms in total. The van der Waals surface area contributed by atoms with Crippen LogP contribution in [-0.2, 0) is 11.2 Å². The van der Waals surface area contributed by atoms with Gasteiger partial charge in [0.05, 0.1) is 18.6 Å². The first-order valence-corrected chi connectivity index (χ1v) is 14.2. The Morgan fingerprint density at radius 2 is 1.43 bits per heavy atom. The number of aryl methyl sites for hydroxylation is 1. The number of hydrogen-bond acceptors (Lipinski definition) is 4. The number of nitrogens with zero attached hydrogens (tertiary/aromatic N) is 1. The quantitative estimate of drug-likeness (QED) is 0.144. The average molecular weight is 615 g/mol. The molecule has 0 aliphatic heterocycles. The molecule has 4 N–H and O–H groups in total. The van der Waals surface area contributed by atoms with Crippen molar-refractivity contribution in [2.24, 2.45) is 0 Å². The SMILES string of the molecule is Cc1cccc(NC(=O)c2c(-c3ccc(F)cc3)c(-c3ccc(F)cc3)c(CC[C@@H](O)C[C@@H](O)CC(=O)O)n2C(C)C)c1.[NaH]. The summed E-state index contributed by atoms with van der Waals surface area (Å²) in [5.41, 5.74) is 4.92. The van der Waals surface area contributed by atoms with Gasteiger partial charge in [-0.25, -0.2) is 8.78 Å². The van der Waals surface area contributed by atoms with E-state index < -0.39 is 42.1 Å². The first-order chi connectivity index (χ1) is 20.4. The van der Waals surface area contributed by atoms with E-state index in [4.69, 9.17) is 5.11 Å². The molecule has 1 heterocycles. The van der Waals surface area contributed by atoms with Crippen LogP contribution in [0.5, 0.6) is 0 Å². The fourth-order valence-corrected chi connectivity index (χ4v) is 5.44. The number of anilines is 1. The first kappa shape index (κ1) is 35.1. The third-order valence-electron chi connectivity index (χ3n) is 7.25. The van der Waals surface area contributed by atoms with Gasteiger partial charge in [-0.3, -0.25) is 9.59 Å². The zero-order chi connectivity index (χ0) is 31.3. The van der Waals surface area contributed by atoms with Gasteiger partial charge in [-0.1, -0.05) is 36.4 Å². The van der Waals surface area contributed by atoms with Gasteiger partial charge < -0.3 is 25.2 Å². The van der Waals surface area contributed by atoms with Crippen molar-refractivity contribution in [3.63, 3.8) is 0 Å². The van der Waals surface area contributed by atoms with Crippen LogP contribution in [0.2, 0.25) is 0 Å². The predicted octanol–water partition coefficient (Wildman–Crippen LogP) is 6.11. The second-order valence-electron chi connectivity index (χ2n) is 11.0. The molecule has 0 aliphatic rings. The first-order valence-electron chi connectivity index (χ1n) is 14.2. The number of aliphatic hydroxyl groups excluding tert-OH is 2. The second-order valence-corrected chi connectivity index (χ2v) is 11.0. The molecule has 1 aromatic heterocycles. The number of carbonyl (C=O) groups excluding carboxylic acids is 1. The fourth-order valence-electron chi connectivity index (χ4n) is 5.44. The molecule has 10 heteroatoms. The summed E-state index contributed by atoms with van der Waals surface area (Å²) in [6, 6.07) is 18.8. The number of hydrogen-bond donors (Lipinski definition) is 4. The second kappa shape index (κ2) is 15.6. The normalized spacial score (nSPS) is 12.5. The van der Waals surface area contributed by atoms with Crippen molar-refractivity contribution >= 4 is 47.1 Å². The Bertz CT molecular complexity index is 1590. The standard InChI is InChI=1S/C34H36F2N2O5.Na.H/c1-20(2)38-29(16-15-27(39)18-28(40)19-30(41)42)31(22-7-11-24(35)12-8-22)32(23-9-13-25(36)14-10-23)33(38)34(43)37-26-6-4-5-21(3)17-26;;/h4-14,17,20,27-28,39-40H,15-16,18-19H2,1-3H3,(H,37,43)(H,41,42);;/t27-,28-;;/m1../s1. The van der Waals surface area contributed by atoms with Crippen LogP contribution in [0.1, 0.15) is 60.9 Å². The minimum absolute atomic E-state index is 0. The molecule has 0 saturated carbocycles. The molecular formula is C34H37F2N2NaO5. The van der Waals surface area contributed by atoms with E-state index in [0.717, 1.165) is 5.56 Å². The van der Waals surface area contributed by atoms with Gasteiger partial charge in [-0.05, 0) is 93.1 Å². The van der Waals surface area contributed by atoms with Gasteiger partial charge in [-0.2, -0.15) is 0 Å². The van der Waals surface area contributed by atoms with Crippen molar-refractivity contribution in [1.29, 1.82) is 0 Å². The number of amides is 1. The van der Waals surface area contributed by atoms with Crippen LogP contribution in [0.3, 0.4) is 0 Å². The van der Waals surface area contributed by atoms with Gasteiger partial charge in [0.1, 0.15) is 17.3 Å². The van der Waals surface area contributed by atoms with Crippen LogP contribution in [0.15, 0.2) is 72.8 Å². The molecule has 0 saturated heterocycles. The van der Waals surface area contributed by atoms with Gasteiger partial charge in [0, 0.05) is 28.6 Å². The van der Waals surface area contributed by atoms with E-state index in [1.165, 1.54) is 24.3 Å². The van der Waals surface area contributed by atoms with Crippen molar-refractivity contribution in [2.75, 3.05) is 5.32 Å². The molecule has 0 radical (unpaired) electrons. The molecule has 4 aromatic rings. The Morgan fingerprint density at radius 1 is 0.864 bits per heavy atom. The predicted molar refractivity (Wildman–Crippen MR) is 169 cm³/mol. The number of benzene rings is 3. The fraction of sp³-hybridized carbons (Fsp3) is 0.294. The molecule has 0 spiro atoms. The number of halogens is 2. The summed E-state index contributed by atoms with van der Waals surface area (Å²) in [5, 5.41) is 32.8. The van der Waals surface area contributed by atoms with Crippen molar-refractivity contribution < 1.29 is 33.7 Å². The maximum atomic E-state index is 14.1. The van der Waals surface area contributed by atoms with Crippen molar-refractivity contribution in [3.05, 3.63) is 101 Å². The molecular weight excluding hydrogens is 577 g/mol. The van der Waals surface area contributed by atoms with Crippen LogP contribution in [-0.4, -0.2) is 73.5 Å². The van der Waals surface area contributed by atoms with Crippen molar-refractivity contribution in [2.45, 2.75) is 64.7 Å². The van der Waals surface area contributed by atoms with Gasteiger partial charge in [0.15, 0.2) is 0 Å². The zero-order valence-corrected chi connectivity index (χ0v) is 24.3. The van der Waals surface area contributed by atoms with Gasteiger partial charge in [0.25, 0.3) is 5.91 Å². The summed E-state index contributed by atoms with van der Waals surface area (Å²) in [4.78, 5) is 25.1. The molecule has 0 bridgehead atoms. The van der Waals surface area contributed by atoms with Crippen molar-refractivity contribution in [3.8, 4) is 22.3 Å². The molecule has 3 aromatic carbocycles. The summed E-state index contributed by atoms with van der Waals surface area (Å²) < 4.78 is 30.0. The van der Waals surface area contributed by atoms with E-state index in [0.29, 0.717) is 39.3 Å². The Labute approximate surface area is 277 Å². The Hall–Kier alpha value is -3.34. The summed E-state index contributed by atoms with van der Waals surface area (Å²) >= 11 is 0. The number of rotatable bonds is 12. The van der Waals surface area contributed by atoms with Crippen LogP contribution in [0.25, 0.3) is 22.3 Å². The number of carbonyl (C=O) groups is 2. The third kappa shape index (κ3) is 8.64. The minimum atomic E-state index is -1.22. The van der Waals surface area contributed by atoms with E-state index >= 15 is 0 Å². The molecule has 1 amide bonds. The van der Waals surface area contributed by atoms with E-state index in [1.54, 1.807) is 30.3 Å². The Kier molecular flexibility index (Phi) is 12.5. The Balaban J connectivity index is 0.00000529. The number of aromatic nitrogens is 1. The topological polar surface area (TPSA) is 112 Å². The van der Waals surface area contributed by atoms with Gasteiger partial charge in [0.2, 0.25) is 0 Å². The van der Waals surface area contributed by atoms with Crippen LogP contribution < -0.4 is 5.32 Å². The molecule has 0 aliphatic carbocycles. The molecule has 228 valence electrons. The number of aliphatic hydroxyl groups is 2. The van der Waals surface area contributed by atoms with E-state index in [2.05, 4.69) is 5.32 Å².